The summed E-state index contributed by atoms with van der Waals surface area (Å²) in [4.78, 5) is 19.5. The number of amidine groups is 1. The Morgan fingerprint density at radius 1 is 1.06 bits per heavy atom. The number of carbonyl (C=O) groups excluding carboxylic acids is 1. The van der Waals surface area contributed by atoms with Crippen LogP contribution < -0.4 is 14.2 Å². The molecule has 3 rings (SSSR count). The number of methoxy groups -OCH3 is 2. The smallest absolute Gasteiger partial charge is 0.386 e. The average Bonchev–Trinajstić information content (AvgIpc) is 2.80. The highest BCUT2D eigenvalue weighted by Crippen LogP contribution is 2.35. The van der Waals surface area contributed by atoms with Crippen LogP contribution in [0.25, 0.3) is 10.8 Å². The zero-order valence-electron chi connectivity index (χ0n) is 20.4. The number of hydrogen-bond donors (Lipinski definition) is 1. The van der Waals surface area contributed by atoms with Crippen molar-refractivity contribution in [3.05, 3.63) is 59.4 Å². The highest BCUT2D eigenvalue weighted by Gasteiger charge is 2.21. The van der Waals surface area contributed by atoms with Gasteiger partial charge in [0.25, 0.3) is 0 Å². The number of ketones is 1. The van der Waals surface area contributed by atoms with Crippen molar-refractivity contribution in [2.24, 2.45) is 0 Å². The van der Waals surface area contributed by atoms with Gasteiger partial charge >= 0.3 is 6.18 Å². The highest BCUT2D eigenvalue weighted by atomic mass is 19.4. The average molecular weight is 492 g/mol. The Hall–Kier alpha value is -3.82. The third kappa shape index (κ3) is 7.08. The fourth-order valence-electron chi connectivity index (χ4n) is 3.21. The first-order valence-corrected chi connectivity index (χ1v) is 10.6. The maximum absolute atomic E-state index is 13.3. The van der Waals surface area contributed by atoms with Gasteiger partial charge in [-0.05, 0) is 31.2 Å². The number of benzene rings is 2. The van der Waals surface area contributed by atoms with Crippen LogP contribution in [0.15, 0.2) is 42.6 Å². The van der Waals surface area contributed by atoms with Crippen LogP contribution in [-0.4, -0.2) is 62.6 Å². The normalized spacial score (nSPS) is 10.8. The van der Waals surface area contributed by atoms with E-state index in [0.29, 0.717) is 45.8 Å². The van der Waals surface area contributed by atoms with Crippen LogP contribution in [0.3, 0.4) is 0 Å². The van der Waals surface area contributed by atoms with Gasteiger partial charge in [-0.15, -0.1) is 0 Å². The van der Waals surface area contributed by atoms with E-state index in [0.717, 1.165) is 0 Å². The van der Waals surface area contributed by atoms with Gasteiger partial charge in [0.1, 0.15) is 17.3 Å². The molecule has 2 aromatic carbocycles. The minimum Gasteiger partial charge on any atom is -0.494 e. The van der Waals surface area contributed by atoms with Gasteiger partial charge in [0.2, 0.25) is 5.78 Å². The maximum atomic E-state index is 13.3. The van der Waals surface area contributed by atoms with E-state index in [1.165, 1.54) is 7.11 Å². The van der Waals surface area contributed by atoms with E-state index in [2.05, 4.69) is 4.98 Å². The number of nitrogens with one attached hydrogen (secondary N) is 1. The third-order valence-corrected chi connectivity index (χ3v) is 4.72. The topological polar surface area (TPSA) is 84.7 Å². The molecule has 1 aromatic heterocycles. The van der Waals surface area contributed by atoms with E-state index >= 15 is 0 Å². The van der Waals surface area contributed by atoms with Crippen LogP contribution in [0, 0.1) is 5.41 Å². The van der Waals surface area contributed by atoms with E-state index in [-0.39, 0.29) is 24.2 Å². The largest absolute Gasteiger partial charge is 0.494 e. The van der Waals surface area contributed by atoms with E-state index in [9.17, 15) is 18.0 Å². The lowest BCUT2D eigenvalue weighted by molar-refractivity contribution is -0.110. The minimum absolute atomic E-state index is 0.188. The summed E-state index contributed by atoms with van der Waals surface area (Å²) in [5.74, 6) is 1.66. The quantitative estimate of drug-likeness (QED) is 0.273. The number of ether oxygens (including phenoxy) is 3. The van der Waals surface area contributed by atoms with E-state index in [1.807, 2.05) is 6.92 Å². The second-order valence-corrected chi connectivity index (χ2v) is 7.59. The number of aromatic nitrogens is 1. The van der Waals surface area contributed by atoms with Gasteiger partial charge in [-0.1, -0.05) is 12.1 Å². The van der Waals surface area contributed by atoms with Crippen LogP contribution >= 0.6 is 0 Å². The molecule has 0 spiro atoms. The molecule has 3 aromatic rings. The molecule has 0 fully saturated rings. The fraction of sp³-hybridized carbons (Fsp3) is 0.320. The van der Waals surface area contributed by atoms with Crippen molar-refractivity contribution in [2.75, 3.05) is 34.9 Å². The van der Waals surface area contributed by atoms with Gasteiger partial charge < -0.3 is 19.1 Å². The van der Waals surface area contributed by atoms with Crippen LogP contribution in [-0.2, 0) is 0 Å². The van der Waals surface area contributed by atoms with E-state index < -0.39 is 6.18 Å². The van der Waals surface area contributed by atoms with Crippen LogP contribution in [0.1, 0.15) is 35.5 Å². The molecular formula is C25H28F3N3O4. The summed E-state index contributed by atoms with van der Waals surface area (Å²) in [6.45, 7) is 2.59. The Labute approximate surface area is 201 Å². The second kappa shape index (κ2) is 11.5. The van der Waals surface area contributed by atoms with Crippen LogP contribution in [0.4, 0.5) is 13.2 Å². The molecule has 0 aliphatic heterocycles. The third-order valence-electron chi connectivity index (χ3n) is 4.72. The second-order valence-electron chi connectivity index (χ2n) is 7.59. The lowest BCUT2D eigenvalue weighted by Gasteiger charge is -2.18. The number of alkyl halides is 3. The first-order chi connectivity index (χ1) is 16.4. The molecule has 0 saturated heterocycles. The number of fused-ring (bicyclic) bond motifs is 1. The Bertz CT molecular complexity index is 1200. The summed E-state index contributed by atoms with van der Waals surface area (Å²) in [6.07, 6.45) is -2.45. The molecule has 0 radical (unpaired) electrons. The standard InChI is InChI=1S/C23H25N3O4.C2H3F3/c1-6-30-15-9-7-8-14(10-15)22(27)21-17-12-20(29-5)19(28-4)11-16(17)18(13-25-21)23(24)26(2)3;1-2(3,4)5/h7-13,24H,6H2,1-5H3;1H3. The van der Waals surface area contributed by atoms with Gasteiger partial charge in [-0.3, -0.25) is 15.2 Å². The van der Waals surface area contributed by atoms with Crippen molar-refractivity contribution in [3.63, 3.8) is 0 Å². The summed E-state index contributed by atoms with van der Waals surface area (Å²) in [7, 11) is 6.66. The molecule has 35 heavy (non-hydrogen) atoms. The molecule has 0 amide bonds. The van der Waals surface area contributed by atoms with Gasteiger partial charge in [0.05, 0.1) is 20.8 Å². The minimum atomic E-state index is -4.00. The van der Waals surface area contributed by atoms with Crippen molar-refractivity contribution in [2.45, 2.75) is 20.0 Å². The van der Waals surface area contributed by atoms with Gasteiger partial charge in [-0.25, -0.2) is 0 Å². The highest BCUT2D eigenvalue weighted by molar-refractivity contribution is 6.18. The predicted octanol–water partition coefficient (Wildman–Crippen LogP) is 5.34. The molecular weight excluding hydrogens is 463 g/mol. The number of rotatable bonds is 7. The van der Waals surface area contributed by atoms with Crippen LogP contribution in [0.2, 0.25) is 0 Å². The van der Waals surface area contributed by atoms with Gasteiger partial charge in [-0.2, -0.15) is 13.2 Å². The van der Waals surface area contributed by atoms with Gasteiger partial charge in [0.15, 0.2) is 11.5 Å². The summed E-state index contributed by atoms with van der Waals surface area (Å²) >= 11 is 0. The molecule has 1 N–H and O–H groups in total. The monoisotopic (exact) mass is 491 g/mol. The maximum Gasteiger partial charge on any atom is 0.386 e. The number of nitrogens with zero attached hydrogens (tertiary/aromatic N) is 2. The fourth-order valence-corrected chi connectivity index (χ4v) is 3.21. The molecule has 10 heteroatoms. The summed E-state index contributed by atoms with van der Waals surface area (Å²) < 4.78 is 47.5. The zero-order chi connectivity index (χ0) is 26.3. The first-order valence-electron chi connectivity index (χ1n) is 10.6. The summed E-state index contributed by atoms with van der Waals surface area (Å²) in [5.41, 5.74) is 1.34. The van der Waals surface area contributed by atoms with E-state index in [1.54, 1.807) is 68.7 Å². The van der Waals surface area contributed by atoms with Crippen LogP contribution in [0.5, 0.6) is 17.2 Å². The van der Waals surface area contributed by atoms with Crippen molar-refractivity contribution in [1.82, 2.24) is 9.88 Å². The lowest BCUT2D eigenvalue weighted by Crippen LogP contribution is -2.22. The van der Waals surface area contributed by atoms with Crippen molar-refractivity contribution in [3.8, 4) is 17.2 Å². The van der Waals surface area contributed by atoms with Crippen molar-refractivity contribution >= 4 is 22.4 Å². The zero-order valence-corrected chi connectivity index (χ0v) is 20.4. The molecule has 0 saturated carbocycles. The SMILES string of the molecule is CC(F)(F)F.CCOc1cccc(C(=O)c2ncc(C(=N)N(C)C)c3cc(OC)c(OC)cc23)c1. The first kappa shape index (κ1) is 27.4. The van der Waals surface area contributed by atoms with Gasteiger partial charge in [0, 0.05) is 49.1 Å². The van der Waals surface area contributed by atoms with E-state index in [4.69, 9.17) is 19.6 Å². The Balaban J connectivity index is 0.000000784. The molecule has 1 heterocycles. The molecule has 0 atom stereocenters. The Morgan fingerprint density at radius 2 is 1.63 bits per heavy atom. The number of hydrogen-bond acceptors (Lipinski definition) is 6. The molecule has 0 aliphatic carbocycles. The van der Waals surface area contributed by atoms with Crippen molar-refractivity contribution in [1.29, 1.82) is 5.41 Å². The number of carbonyl (C=O) groups is 1. The Morgan fingerprint density at radius 3 is 2.14 bits per heavy atom. The predicted molar refractivity (Wildman–Crippen MR) is 128 cm³/mol. The number of pyridine rings is 1. The molecule has 0 unspecified atom stereocenters. The number of halogens is 3. The molecule has 188 valence electrons. The summed E-state index contributed by atoms with van der Waals surface area (Å²) in [5, 5.41) is 9.69. The summed E-state index contributed by atoms with van der Waals surface area (Å²) in [6, 6.07) is 10.5. The molecule has 7 nitrogen and oxygen atoms in total. The lowest BCUT2D eigenvalue weighted by atomic mass is 9.98. The Kier molecular flexibility index (Phi) is 9.05. The molecule has 0 bridgehead atoms. The molecule has 0 aliphatic rings. The van der Waals surface area contributed by atoms with Crippen molar-refractivity contribution < 1.29 is 32.2 Å².